The average molecular weight is 866 g/mol. The van der Waals surface area contributed by atoms with Crippen molar-refractivity contribution in [2.24, 2.45) is 5.92 Å². The number of nitrogens with one attached hydrogen (secondary N) is 2. The monoisotopic (exact) mass is 866 g/mol. The van der Waals surface area contributed by atoms with Crippen LogP contribution in [0.15, 0.2) is 9.59 Å². The minimum atomic E-state index is -0.397. The van der Waals surface area contributed by atoms with E-state index in [0.717, 1.165) is 45.2 Å². The number of ether oxygens (including phenoxy) is 1. The summed E-state index contributed by atoms with van der Waals surface area (Å²) in [5.41, 5.74) is 0.136. The molecule has 10 heteroatoms. The van der Waals surface area contributed by atoms with Gasteiger partial charge in [0.05, 0.1) is 0 Å². The minimum Gasteiger partial charge on any atom is -0.483 e. The molecule has 0 spiro atoms. The maximum absolute atomic E-state index is 12.0. The van der Waals surface area contributed by atoms with Crippen molar-refractivity contribution >= 4 is 24.3 Å². The zero-order valence-electron chi connectivity index (χ0n) is 40.4. The predicted octanol–water partition coefficient (Wildman–Crippen LogP) is 13.4. The van der Waals surface area contributed by atoms with Gasteiger partial charge in [0, 0.05) is 26.8 Å². The number of nitrogens with zero attached hydrogens (tertiary/aromatic N) is 1. The highest BCUT2D eigenvalue weighted by atomic mass is 16.5. The maximum atomic E-state index is 12.0. The molecule has 0 atom stereocenters. The van der Waals surface area contributed by atoms with Crippen LogP contribution in [-0.4, -0.2) is 74.5 Å². The van der Waals surface area contributed by atoms with Crippen LogP contribution in [-0.2, 0) is 14.3 Å². The fraction of sp³-hybridized carbons (Fsp3) is 0.882. The molecular formula is C51H99N3O7. The fourth-order valence-corrected chi connectivity index (χ4v) is 8.32. The van der Waals surface area contributed by atoms with E-state index in [2.05, 4.69) is 36.3 Å². The van der Waals surface area contributed by atoms with Gasteiger partial charge in [0.15, 0.2) is 0 Å². The normalized spacial score (nSPS) is 11.0. The lowest BCUT2D eigenvalue weighted by molar-refractivity contribution is -0.123. The Kier molecular flexibility index (Phi) is 49.9. The number of carbonyl (C=O) groups is 2. The Balaban J connectivity index is 0. The molecule has 0 saturated heterocycles. The van der Waals surface area contributed by atoms with Crippen LogP contribution in [0.1, 0.15) is 239 Å². The molecule has 0 radical (unpaired) electrons. The van der Waals surface area contributed by atoms with Gasteiger partial charge < -0.3 is 30.5 Å². The third-order valence-electron chi connectivity index (χ3n) is 12.0. The Morgan fingerprint density at radius 2 is 0.787 bits per heavy atom. The molecular weight excluding hydrogens is 767 g/mol. The van der Waals surface area contributed by atoms with Crippen LogP contribution in [0.2, 0.25) is 0 Å². The van der Waals surface area contributed by atoms with E-state index in [0.29, 0.717) is 11.4 Å². The van der Waals surface area contributed by atoms with Crippen LogP contribution in [0, 0.1) is 5.92 Å². The summed E-state index contributed by atoms with van der Waals surface area (Å²) in [6.07, 6.45) is 46.4. The molecule has 360 valence electrons. The molecule has 1 aromatic rings. The van der Waals surface area contributed by atoms with Crippen LogP contribution in [0.3, 0.4) is 0 Å². The van der Waals surface area contributed by atoms with Crippen LogP contribution < -0.4 is 21.5 Å². The van der Waals surface area contributed by atoms with E-state index in [-0.39, 0.29) is 18.4 Å². The largest absolute Gasteiger partial charge is 0.483 e. The lowest BCUT2D eigenvalue weighted by Crippen LogP contribution is -2.37. The van der Waals surface area contributed by atoms with E-state index in [1.54, 1.807) is 7.05 Å². The second-order valence-corrected chi connectivity index (χ2v) is 17.4. The molecule has 4 N–H and O–H groups in total. The van der Waals surface area contributed by atoms with Gasteiger partial charge in [-0.05, 0) is 57.7 Å². The highest BCUT2D eigenvalue weighted by Crippen LogP contribution is 2.25. The number of hydrogen-bond acceptors (Lipinski definition) is 8. The number of unbranched alkanes of at least 4 members (excludes halogenated alkanes) is 25. The second kappa shape index (κ2) is 50.2. The van der Waals surface area contributed by atoms with Crippen molar-refractivity contribution in [1.29, 1.82) is 0 Å². The topological polar surface area (TPSA) is 145 Å². The number of anilines is 2. The molecule has 1 rings (SSSR count). The second-order valence-electron chi connectivity index (χ2n) is 17.4. The summed E-state index contributed by atoms with van der Waals surface area (Å²) >= 11 is 0. The van der Waals surface area contributed by atoms with Gasteiger partial charge in [0.25, 0.3) is 23.8 Å². The average Bonchev–Trinajstić information content (AvgIpc) is 3.26. The van der Waals surface area contributed by atoms with Crippen molar-refractivity contribution < 1.29 is 24.5 Å². The molecule has 0 saturated carbocycles. The first-order valence-corrected chi connectivity index (χ1v) is 25.6. The van der Waals surface area contributed by atoms with Crippen molar-refractivity contribution in [3.05, 3.63) is 20.4 Å². The fourth-order valence-electron chi connectivity index (χ4n) is 8.32. The van der Waals surface area contributed by atoms with E-state index >= 15 is 0 Å². The molecule has 0 aliphatic rings. The van der Waals surface area contributed by atoms with Gasteiger partial charge in [0.2, 0.25) is 0 Å². The maximum Gasteiger partial charge on any atom is 0.290 e. The van der Waals surface area contributed by atoms with E-state index in [1.165, 1.54) is 218 Å². The first-order valence-electron chi connectivity index (χ1n) is 25.6. The van der Waals surface area contributed by atoms with Gasteiger partial charge in [-0.2, -0.15) is 0 Å². The van der Waals surface area contributed by atoms with Crippen LogP contribution in [0.25, 0.3) is 0 Å². The van der Waals surface area contributed by atoms with Gasteiger partial charge in [-0.25, -0.2) is 0 Å². The molecule has 0 aromatic heterocycles. The molecule has 61 heavy (non-hydrogen) atoms. The van der Waals surface area contributed by atoms with Crippen molar-refractivity contribution in [3.8, 4) is 0 Å². The van der Waals surface area contributed by atoms with E-state index < -0.39 is 5.43 Å². The van der Waals surface area contributed by atoms with Gasteiger partial charge in [-0.15, -0.1) is 0 Å². The molecule has 10 nitrogen and oxygen atoms in total. The number of rotatable bonds is 45. The first kappa shape index (κ1) is 60.6. The van der Waals surface area contributed by atoms with Crippen LogP contribution >= 0.6 is 0 Å². The van der Waals surface area contributed by atoms with E-state index in [1.807, 2.05) is 0 Å². The van der Waals surface area contributed by atoms with Crippen molar-refractivity contribution in [3.63, 3.8) is 0 Å². The van der Waals surface area contributed by atoms with Crippen molar-refractivity contribution in [2.75, 3.05) is 57.1 Å². The Labute approximate surface area is 375 Å². The first-order chi connectivity index (χ1) is 29.9. The molecule has 0 bridgehead atoms. The highest BCUT2D eigenvalue weighted by molar-refractivity contribution is 5.73. The zero-order chi connectivity index (χ0) is 45.3. The number of hydrogen-bond donors (Lipinski definition) is 4. The zero-order valence-corrected chi connectivity index (χ0v) is 40.4. The summed E-state index contributed by atoms with van der Waals surface area (Å²) in [7, 11) is 1.71. The lowest BCUT2D eigenvalue weighted by atomic mass is 9.89. The molecule has 0 aliphatic heterocycles. The van der Waals surface area contributed by atoms with Crippen LogP contribution in [0.4, 0.5) is 11.4 Å². The van der Waals surface area contributed by atoms with Gasteiger partial charge in [-0.3, -0.25) is 19.2 Å². The Bertz CT molecular complexity index is 1090. The summed E-state index contributed by atoms with van der Waals surface area (Å²) in [6.45, 7) is 12.4. The molecule has 0 unspecified atom stereocenters. The number of carboxylic acid groups (broad SMARTS) is 2. The van der Waals surface area contributed by atoms with E-state index in [4.69, 9.17) is 24.5 Å². The smallest absolute Gasteiger partial charge is 0.290 e. The van der Waals surface area contributed by atoms with Gasteiger partial charge in [-0.1, -0.05) is 207 Å². The Morgan fingerprint density at radius 3 is 1.16 bits per heavy atom. The Hall–Kier alpha value is -2.46. The third kappa shape index (κ3) is 40.1. The predicted molar refractivity (Wildman–Crippen MR) is 262 cm³/mol. The molecule has 0 heterocycles. The molecule has 0 fully saturated rings. The third-order valence-corrected chi connectivity index (χ3v) is 12.0. The highest BCUT2D eigenvalue weighted by Gasteiger charge is 2.19. The lowest BCUT2D eigenvalue weighted by Gasteiger charge is -2.23. The Morgan fingerprint density at radius 1 is 0.475 bits per heavy atom. The minimum absolute atomic E-state index is 0.250. The quantitative estimate of drug-likeness (QED) is 0.0284. The summed E-state index contributed by atoms with van der Waals surface area (Å²) < 4.78 is 5.95. The summed E-state index contributed by atoms with van der Waals surface area (Å²) in [4.78, 5) is 43.1. The van der Waals surface area contributed by atoms with E-state index in [9.17, 15) is 9.59 Å². The molecule has 1 aromatic carbocycles. The molecule has 0 aliphatic carbocycles. The SMILES string of the molecule is CCCCCCCCCCCOCCCCCCN(CCCCCCCC(CCCCCCCC)CCCCCCCC)CCCNc1c(NC)c(=O)c1=O.O=CO.O=CO. The van der Waals surface area contributed by atoms with Crippen LogP contribution in [0.5, 0.6) is 0 Å². The van der Waals surface area contributed by atoms with Crippen molar-refractivity contribution in [1.82, 2.24) is 4.90 Å². The van der Waals surface area contributed by atoms with Crippen molar-refractivity contribution in [2.45, 2.75) is 239 Å². The van der Waals surface area contributed by atoms with Gasteiger partial charge >= 0.3 is 0 Å². The summed E-state index contributed by atoms with van der Waals surface area (Å²) in [5, 5.41) is 19.9. The molecule has 0 amide bonds. The van der Waals surface area contributed by atoms with Gasteiger partial charge in [0.1, 0.15) is 11.4 Å². The standard InChI is InChI=1S/C49H95N3O3.2CH2O2/c1-5-8-11-14-17-18-19-26-33-43-55-44-34-27-25-32-41-52(42-35-39-51-47-46(50-4)48(53)49(47)54)40-31-24-20-23-30-38-45(36-28-21-15-12-9-6-2)37-29-22-16-13-10-7-3;2*2-1-3/h45,50-51H,5-44H2,1-4H3;2*1H,(H,2,3). The summed E-state index contributed by atoms with van der Waals surface area (Å²) in [6, 6.07) is 0. The summed E-state index contributed by atoms with van der Waals surface area (Å²) in [5.74, 6) is 0.959.